The van der Waals surface area contributed by atoms with Crippen LogP contribution < -0.4 is 5.32 Å². The molecule has 150 valence electrons. The lowest BCUT2D eigenvalue weighted by molar-refractivity contribution is -0.138. The number of amides is 2. The fraction of sp³-hybridized carbons (Fsp3) is 0.400. The van der Waals surface area contributed by atoms with E-state index < -0.39 is 11.7 Å². The van der Waals surface area contributed by atoms with E-state index in [-0.39, 0.29) is 29.8 Å². The highest BCUT2D eigenvalue weighted by atomic mass is 32.1. The van der Waals surface area contributed by atoms with Crippen LogP contribution in [0, 0.1) is 5.92 Å². The molecule has 0 spiro atoms. The van der Waals surface area contributed by atoms with E-state index in [0.29, 0.717) is 24.1 Å². The summed E-state index contributed by atoms with van der Waals surface area (Å²) in [6.45, 7) is -0.161. The maximum Gasteiger partial charge on any atom is 0.416 e. The molecule has 0 fully saturated rings. The molecule has 1 aliphatic carbocycles. The van der Waals surface area contributed by atoms with Gasteiger partial charge in [0.2, 0.25) is 5.91 Å². The van der Waals surface area contributed by atoms with Crippen LogP contribution in [0.3, 0.4) is 0 Å². The van der Waals surface area contributed by atoms with Crippen molar-refractivity contribution in [2.24, 2.45) is 5.92 Å². The predicted molar refractivity (Wildman–Crippen MR) is 101 cm³/mol. The fourth-order valence-electron chi connectivity index (χ4n) is 3.35. The molecule has 0 saturated heterocycles. The van der Waals surface area contributed by atoms with Gasteiger partial charge in [0.05, 0.1) is 10.4 Å². The molecule has 28 heavy (non-hydrogen) atoms. The van der Waals surface area contributed by atoms with Gasteiger partial charge in [0.25, 0.3) is 5.91 Å². The van der Waals surface area contributed by atoms with Crippen molar-refractivity contribution in [1.82, 2.24) is 10.2 Å². The predicted octanol–water partition coefficient (Wildman–Crippen LogP) is 3.89. The summed E-state index contributed by atoms with van der Waals surface area (Å²) >= 11 is 1.45. The first-order chi connectivity index (χ1) is 13.2. The number of hydrogen-bond acceptors (Lipinski definition) is 3. The van der Waals surface area contributed by atoms with Gasteiger partial charge >= 0.3 is 6.18 Å². The van der Waals surface area contributed by atoms with E-state index in [9.17, 15) is 22.8 Å². The molecule has 1 heterocycles. The molecule has 1 N–H and O–H groups in total. The van der Waals surface area contributed by atoms with Gasteiger partial charge in [0, 0.05) is 31.4 Å². The van der Waals surface area contributed by atoms with Gasteiger partial charge in [0.1, 0.15) is 0 Å². The van der Waals surface area contributed by atoms with Crippen LogP contribution in [-0.2, 0) is 30.4 Å². The number of alkyl halides is 3. The molecule has 2 aromatic rings. The highest BCUT2D eigenvalue weighted by Gasteiger charge is 2.33. The molecule has 1 aliphatic rings. The fourth-order valence-corrected chi connectivity index (χ4v) is 4.58. The third kappa shape index (κ3) is 4.38. The van der Waals surface area contributed by atoms with E-state index >= 15 is 0 Å². The normalized spacial score (nSPS) is 16.4. The lowest BCUT2D eigenvalue weighted by atomic mass is 9.87. The third-order valence-corrected chi connectivity index (χ3v) is 6.07. The van der Waals surface area contributed by atoms with Crippen LogP contribution >= 0.6 is 11.3 Å². The Hall–Kier alpha value is -2.35. The van der Waals surface area contributed by atoms with Crippen molar-refractivity contribution in [3.8, 4) is 0 Å². The molecule has 3 rings (SSSR count). The zero-order chi connectivity index (χ0) is 20.5. The summed E-state index contributed by atoms with van der Waals surface area (Å²) < 4.78 is 39.2. The maximum atomic E-state index is 13.1. The molecule has 0 aliphatic heterocycles. The molecule has 2 amide bonds. The van der Waals surface area contributed by atoms with Crippen LogP contribution in [0.1, 0.15) is 37.7 Å². The van der Waals surface area contributed by atoms with E-state index in [1.165, 1.54) is 34.4 Å². The zero-order valence-electron chi connectivity index (χ0n) is 15.6. The van der Waals surface area contributed by atoms with Gasteiger partial charge in [-0.25, -0.2) is 0 Å². The molecular weight excluding hydrogens is 389 g/mol. The average Bonchev–Trinajstić information content (AvgIpc) is 3.08. The molecule has 1 aromatic heterocycles. The second kappa shape index (κ2) is 7.95. The first-order valence-electron chi connectivity index (χ1n) is 8.93. The summed E-state index contributed by atoms with van der Waals surface area (Å²) in [5.41, 5.74) is 0.303. The molecular formula is C20H21F3N2O2S. The Bertz CT molecular complexity index is 890. The van der Waals surface area contributed by atoms with Crippen molar-refractivity contribution < 1.29 is 22.8 Å². The standard InChI is InChI=1S/C20H21F3N2O2S/c1-25(2)19(27)17-10-14-9-12(7-8-16(14)28-17)18(26)24-11-13-5-3-4-6-15(13)20(21,22)23/h3-6,10,12H,7-9,11H2,1-2H3,(H,24,26)/t12-/m0/s1. The Morgan fingerprint density at radius 2 is 1.96 bits per heavy atom. The van der Waals surface area contributed by atoms with E-state index in [1.54, 1.807) is 14.1 Å². The highest BCUT2D eigenvalue weighted by Crippen LogP contribution is 2.34. The first-order valence-corrected chi connectivity index (χ1v) is 9.74. The van der Waals surface area contributed by atoms with E-state index in [1.807, 2.05) is 6.07 Å². The van der Waals surface area contributed by atoms with Crippen molar-refractivity contribution in [3.63, 3.8) is 0 Å². The number of rotatable bonds is 4. The number of nitrogens with zero attached hydrogens (tertiary/aromatic N) is 1. The average molecular weight is 410 g/mol. The van der Waals surface area contributed by atoms with Crippen LogP contribution in [0.2, 0.25) is 0 Å². The summed E-state index contributed by atoms with van der Waals surface area (Å²) in [4.78, 5) is 27.9. The van der Waals surface area contributed by atoms with Crippen LogP contribution in [0.25, 0.3) is 0 Å². The highest BCUT2D eigenvalue weighted by molar-refractivity contribution is 7.14. The monoisotopic (exact) mass is 410 g/mol. The minimum Gasteiger partial charge on any atom is -0.352 e. The molecule has 4 nitrogen and oxygen atoms in total. The second-order valence-electron chi connectivity index (χ2n) is 7.07. The number of carbonyl (C=O) groups excluding carboxylic acids is 2. The van der Waals surface area contributed by atoms with Gasteiger partial charge in [-0.2, -0.15) is 13.2 Å². The number of halogens is 3. The number of nitrogens with one attached hydrogen (secondary N) is 1. The van der Waals surface area contributed by atoms with Gasteiger partial charge < -0.3 is 10.2 Å². The molecule has 0 saturated carbocycles. The number of hydrogen-bond donors (Lipinski definition) is 1. The van der Waals surface area contributed by atoms with E-state index in [0.717, 1.165) is 16.5 Å². The van der Waals surface area contributed by atoms with Gasteiger partial charge in [-0.15, -0.1) is 11.3 Å². The van der Waals surface area contributed by atoms with Crippen molar-refractivity contribution in [1.29, 1.82) is 0 Å². The van der Waals surface area contributed by atoms with Crippen LogP contribution in [0.15, 0.2) is 30.3 Å². The largest absolute Gasteiger partial charge is 0.416 e. The SMILES string of the molecule is CN(C)C(=O)c1cc2c(s1)CC[C@H](C(=O)NCc1ccccc1C(F)(F)F)C2. The van der Waals surface area contributed by atoms with Crippen LogP contribution in [0.4, 0.5) is 13.2 Å². The summed E-state index contributed by atoms with van der Waals surface area (Å²) in [7, 11) is 3.38. The summed E-state index contributed by atoms with van der Waals surface area (Å²) in [5.74, 6) is -0.624. The van der Waals surface area contributed by atoms with Gasteiger partial charge in [-0.1, -0.05) is 18.2 Å². The van der Waals surface area contributed by atoms with Gasteiger partial charge in [-0.05, 0) is 42.5 Å². The van der Waals surface area contributed by atoms with Crippen molar-refractivity contribution in [3.05, 3.63) is 56.8 Å². The van der Waals surface area contributed by atoms with Crippen LogP contribution in [0.5, 0.6) is 0 Å². The molecule has 8 heteroatoms. The van der Waals surface area contributed by atoms with Crippen molar-refractivity contribution in [2.45, 2.75) is 32.0 Å². The van der Waals surface area contributed by atoms with Gasteiger partial charge in [0.15, 0.2) is 0 Å². The number of thiophene rings is 1. The van der Waals surface area contributed by atoms with E-state index in [4.69, 9.17) is 0 Å². The Morgan fingerprint density at radius 3 is 2.64 bits per heavy atom. The number of benzene rings is 1. The van der Waals surface area contributed by atoms with Crippen LogP contribution in [-0.4, -0.2) is 30.8 Å². The Labute approximate surface area is 165 Å². The number of carbonyl (C=O) groups is 2. The first kappa shape index (κ1) is 20.4. The molecule has 1 aromatic carbocycles. The quantitative estimate of drug-likeness (QED) is 0.832. The summed E-state index contributed by atoms with van der Waals surface area (Å²) in [6, 6.07) is 7.09. The molecule has 0 unspecified atom stereocenters. The van der Waals surface area contributed by atoms with E-state index in [2.05, 4.69) is 5.32 Å². The lowest BCUT2D eigenvalue weighted by Gasteiger charge is -2.22. The maximum absolute atomic E-state index is 13.1. The minimum absolute atomic E-state index is 0.0502. The third-order valence-electron chi connectivity index (χ3n) is 4.85. The zero-order valence-corrected chi connectivity index (χ0v) is 16.4. The number of aryl methyl sites for hydroxylation is 1. The second-order valence-corrected chi connectivity index (χ2v) is 8.21. The topological polar surface area (TPSA) is 49.4 Å². The molecule has 1 atom stereocenters. The van der Waals surface area contributed by atoms with Gasteiger partial charge in [-0.3, -0.25) is 9.59 Å². The smallest absolute Gasteiger partial charge is 0.352 e. The van der Waals surface area contributed by atoms with Crippen molar-refractivity contribution >= 4 is 23.2 Å². The molecule has 0 bridgehead atoms. The Kier molecular flexibility index (Phi) is 5.79. The summed E-state index contributed by atoms with van der Waals surface area (Å²) in [6.07, 6.45) is -2.64. The Balaban J connectivity index is 1.65. The molecule has 0 radical (unpaired) electrons. The Morgan fingerprint density at radius 1 is 1.25 bits per heavy atom. The lowest BCUT2D eigenvalue weighted by Crippen LogP contribution is -2.33. The summed E-state index contributed by atoms with van der Waals surface area (Å²) in [5, 5.41) is 2.65. The minimum atomic E-state index is -4.45. The van der Waals surface area contributed by atoms with Crippen molar-refractivity contribution in [2.75, 3.05) is 14.1 Å². The number of fused-ring (bicyclic) bond motifs is 1.